The highest BCUT2D eigenvalue weighted by atomic mass is 32.1. The van der Waals surface area contributed by atoms with Crippen molar-refractivity contribution in [3.05, 3.63) is 117 Å². The normalized spacial score (nSPS) is 13.3. The number of fused-ring (bicyclic) bond motifs is 3. The van der Waals surface area contributed by atoms with Gasteiger partial charge in [-0.05, 0) is 87.0 Å². The molecule has 2 nitrogen and oxygen atoms in total. The number of hydrogen-bond acceptors (Lipinski definition) is 3. The van der Waals surface area contributed by atoms with Gasteiger partial charge < -0.3 is 4.74 Å². The molecule has 0 fully saturated rings. The average molecular weight is 461 g/mol. The predicted octanol–water partition coefficient (Wildman–Crippen LogP) is 6.42. The Balaban J connectivity index is 1.61. The highest BCUT2D eigenvalue weighted by Gasteiger charge is 2.20. The van der Waals surface area contributed by atoms with Crippen LogP contribution in [-0.2, 0) is 4.74 Å². The van der Waals surface area contributed by atoms with E-state index in [0.29, 0.717) is 11.5 Å². The molecule has 1 aromatic heterocycles. The lowest BCUT2D eigenvalue weighted by atomic mass is 9.88. The summed E-state index contributed by atoms with van der Waals surface area (Å²) in [7, 11) is 0. The van der Waals surface area contributed by atoms with E-state index in [9.17, 15) is 4.79 Å². The monoisotopic (exact) mass is 460 g/mol. The molecule has 0 N–H and O–H groups in total. The molecular formula is C31H24O2S. The third-order valence-electron chi connectivity index (χ3n) is 6.63. The molecule has 4 aromatic carbocycles. The van der Waals surface area contributed by atoms with E-state index in [1.807, 2.05) is 13.0 Å². The van der Waals surface area contributed by atoms with Crippen molar-refractivity contribution in [1.29, 1.82) is 0 Å². The zero-order chi connectivity index (χ0) is 23.1. The fraction of sp³-hybridized carbons (Fsp3) is 0.129. The third-order valence-corrected chi connectivity index (χ3v) is 7.80. The van der Waals surface area contributed by atoms with Crippen LogP contribution in [0.15, 0.2) is 91.0 Å². The molecule has 166 valence electrons. The second-order valence-corrected chi connectivity index (χ2v) is 9.71. The van der Waals surface area contributed by atoms with Crippen LogP contribution in [-0.4, -0.2) is 12.6 Å². The number of benzene rings is 4. The van der Waals surface area contributed by atoms with Gasteiger partial charge >= 0.3 is 5.97 Å². The Labute approximate surface area is 202 Å². The summed E-state index contributed by atoms with van der Waals surface area (Å²) in [4.78, 5) is 13.3. The molecule has 1 aliphatic rings. The minimum absolute atomic E-state index is 0.238. The zero-order valence-electron chi connectivity index (χ0n) is 19.0. The van der Waals surface area contributed by atoms with Crippen molar-refractivity contribution >= 4 is 50.0 Å². The molecule has 0 unspecified atom stereocenters. The second kappa shape index (κ2) is 8.58. The Morgan fingerprint density at radius 1 is 0.735 bits per heavy atom. The molecule has 0 saturated heterocycles. The van der Waals surface area contributed by atoms with Gasteiger partial charge in [0.1, 0.15) is 4.88 Å². The first-order chi connectivity index (χ1) is 16.7. The molecule has 5 aromatic rings. The van der Waals surface area contributed by atoms with E-state index < -0.39 is 0 Å². The summed E-state index contributed by atoms with van der Waals surface area (Å²) in [6.45, 7) is 2.23. The topological polar surface area (TPSA) is 26.3 Å². The Hall–Kier alpha value is -3.69. The largest absolute Gasteiger partial charge is 0.462 e. The van der Waals surface area contributed by atoms with Crippen LogP contribution in [0.1, 0.15) is 40.6 Å². The lowest BCUT2D eigenvalue weighted by molar-refractivity contribution is 0.0532. The molecule has 0 saturated carbocycles. The summed E-state index contributed by atoms with van der Waals surface area (Å²) in [5.74, 6) is -0.238. The van der Waals surface area contributed by atoms with Crippen LogP contribution in [0.4, 0.5) is 0 Å². The molecule has 3 heteroatoms. The van der Waals surface area contributed by atoms with E-state index in [1.54, 1.807) is 11.3 Å². The van der Waals surface area contributed by atoms with E-state index >= 15 is 0 Å². The van der Waals surface area contributed by atoms with Crippen molar-refractivity contribution in [3.63, 3.8) is 0 Å². The van der Waals surface area contributed by atoms with Gasteiger partial charge in [0, 0.05) is 4.53 Å². The van der Waals surface area contributed by atoms with E-state index in [1.165, 1.54) is 48.4 Å². The van der Waals surface area contributed by atoms with Crippen molar-refractivity contribution in [2.75, 3.05) is 6.61 Å². The number of carbonyl (C=O) groups excluding carboxylic acids is 1. The first-order valence-corrected chi connectivity index (χ1v) is 12.5. The summed E-state index contributed by atoms with van der Waals surface area (Å²) < 4.78 is 6.54. The summed E-state index contributed by atoms with van der Waals surface area (Å²) in [6, 6.07) is 32.3. The SMILES string of the molecule is CCOC(=O)c1cc2c(s1)=C(c1ccc3ccccc3c1)CCC=2c1ccc2ccccc2c1. The van der Waals surface area contributed by atoms with Gasteiger partial charge in [0.2, 0.25) is 0 Å². The molecule has 34 heavy (non-hydrogen) atoms. The molecule has 0 atom stereocenters. The number of esters is 1. The van der Waals surface area contributed by atoms with Gasteiger partial charge in [-0.1, -0.05) is 72.8 Å². The Bertz CT molecular complexity index is 1570. The van der Waals surface area contributed by atoms with E-state index in [-0.39, 0.29) is 5.97 Å². The Morgan fingerprint density at radius 3 is 1.91 bits per heavy atom. The molecule has 6 rings (SSSR count). The zero-order valence-corrected chi connectivity index (χ0v) is 19.8. The van der Waals surface area contributed by atoms with Crippen LogP contribution in [0.2, 0.25) is 0 Å². The fourth-order valence-corrected chi connectivity index (χ4v) is 6.14. The minimum Gasteiger partial charge on any atom is -0.462 e. The number of thiophene rings is 1. The van der Waals surface area contributed by atoms with Crippen molar-refractivity contribution in [1.82, 2.24) is 0 Å². The summed E-state index contributed by atoms with van der Waals surface area (Å²) in [5, 5.41) is 6.12. The van der Waals surface area contributed by atoms with Crippen LogP contribution in [0.25, 0.3) is 32.7 Å². The quantitative estimate of drug-likeness (QED) is 0.289. The molecule has 1 heterocycles. The fourth-order valence-electron chi connectivity index (χ4n) is 4.97. The van der Waals surface area contributed by atoms with E-state index in [0.717, 1.165) is 18.1 Å². The summed E-state index contributed by atoms with van der Waals surface area (Å²) in [6.07, 6.45) is 1.88. The summed E-state index contributed by atoms with van der Waals surface area (Å²) >= 11 is 1.56. The molecule has 0 aliphatic heterocycles. The van der Waals surface area contributed by atoms with Gasteiger partial charge in [-0.2, -0.15) is 0 Å². The second-order valence-electron chi connectivity index (χ2n) is 8.65. The van der Waals surface area contributed by atoms with Crippen LogP contribution >= 0.6 is 11.3 Å². The number of hydrogen-bond donors (Lipinski definition) is 0. The Kier molecular flexibility index (Phi) is 5.27. The van der Waals surface area contributed by atoms with Crippen LogP contribution in [0, 0.1) is 0 Å². The van der Waals surface area contributed by atoms with Gasteiger partial charge in [-0.15, -0.1) is 11.3 Å². The van der Waals surface area contributed by atoms with Gasteiger partial charge in [0.15, 0.2) is 0 Å². The van der Waals surface area contributed by atoms with Crippen molar-refractivity contribution in [3.8, 4) is 0 Å². The lowest BCUT2D eigenvalue weighted by Crippen LogP contribution is -2.28. The molecular weight excluding hydrogens is 436 g/mol. The van der Waals surface area contributed by atoms with Crippen molar-refractivity contribution in [2.45, 2.75) is 19.8 Å². The van der Waals surface area contributed by atoms with Crippen molar-refractivity contribution < 1.29 is 9.53 Å². The molecule has 0 radical (unpaired) electrons. The van der Waals surface area contributed by atoms with Crippen molar-refractivity contribution in [2.24, 2.45) is 0 Å². The molecule has 0 amide bonds. The summed E-state index contributed by atoms with van der Waals surface area (Å²) in [5.41, 5.74) is 5.07. The highest BCUT2D eigenvalue weighted by Crippen LogP contribution is 2.30. The van der Waals surface area contributed by atoms with E-state index in [4.69, 9.17) is 4.74 Å². The number of carbonyl (C=O) groups is 1. The number of ether oxygens (including phenoxy) is 1. The molecule has 1 aliphatic carbocycles. The predicted molar refractivity (Wildman–Crippen MR) is 142 cm³/mol. The Morgan fingerprint density at radius 2 is 1.29 bits per heavy atom. The first kappa shape index (κ1) is 20.9. The highest BCUT2D eigenvalue weighted by molar-refractivity contribution is 7.12. The number of rotatable bonds is 4. The third kappa shape index (κ3) is 3.63. The maximum absolute atomic E-state index is 12.7. The van der Waals surface area contributed by atoms with Crippen LogP contribution in [0.3, 0.4) is 0 Å². The van der Waals surface area contributed by atoms with Gasteiger partial charge in [0.25, 0.3) is 0 Å². The van der Waals surface area contributed by atoms with E-state index in [2.05, 4.69) is 84.9 Å². The van der Waals surface area contributed by atoms with Crippen LogP contribution < -0.4 is 9.75 Å². The smallest absolute Gasteiger partial charge is 0.348 e. The van der Waals surface area contributed by atoms with Gasteiger partial charge in [-0.3, -0.25) is 0 Å². The van der Waals surface area contributed by atoms with Gasteiger partial charge in [0.05, 0.1) is 6.61 Å². The molecule has 0 bridgehead atoms. The first-order valence-electron chi connectivity index (χ1n) is 11.7. The maximum atomic E-state index is 12.7. The lowest BCUT2D eigenvalue weighted by Gasteiger charge is -2.16. The van der Waals surface area contributed by atoms with Gasteiger partial charge in [-0.25, -0.2) is 4.79 Å². The molecule has 0 spiro atoms. The average Bonchev–Trinajstić information content (AvgIpc) is 3.33. The maximum Gasteiger partial charge on any atom is 0.348 e. The minimum atomic E-state index is -0.238. The van der Waals surface area contributed by atoms with Crippen LogP contribution in [0.5, 0.6) is 0 Å². The standard InChI is InChI=1S/C31H24O2S/c1-2-33-31(32)29-19-28-26(24-13-11-20-7-3-5-9-22(20)17-24)15-16-27(30(28)34-29)25-14-12-21-8-4-6-10-23(21)18-25/h3-14,17-19H,2,15-16H2,1H3.